The quantitative estimate of drug-likeness (QED) is 0.659. The molecule has 5 nitrogen and oxygen atoms in total. The average molecular weight is 226 g/mol. The van der Waals surface area contributed by atoms with E-state index in [0.717, 1.165) is 0 Å². The first-order valence-electron chi connectivity index (χ1n) is 3.81. The Morgan fingerprint density at radius 1 is 1.54 bits per heavy atom. The van der Waals surface area contributed by atoms with Gasteiger partial charge in [0.25, 0.3) is 0 Å². The number of aliphatic imine (C=N–C) groups is 1. The van der Waals surface area contributed by atoms with E-state index in [1.807, 2.05) is 0 Å². The zero-order valence-electron chi connectivity index (χ0n) is 7.46. The zero-order chi connectivity index (χ0) is 10.1. The summed E-state index contributed by atoms with van der Waals surface area (Å²) >= 11 is 5.49. The fourth-order valence-corrected chi connectivity index (χ4v) is 2.48. The van der Waals surface area contributed by atoms with Crippen molar-refractivity contribution in [2.75, 3.05) is 5.88 Å². The van der Waals surface area contributed by atoms with Crippen molar-refractivity contribution in [3.63, 3.8) is 0 Å². The molecule has 7 heteroatoms. The van der Waals surface area contributed by atoms with E-state index < -0.39 is 15.9 Å². The number of amidine groups is 1. The molecule has 0 aromatic heterocycles. The summed E-state index contributed by atoms with van der Waals surface area (Å²) in [6.45, 7) is 3.36. The van der Waals surface area contributed by atoms with Crippen LogP contribution in [-0.4, -0.2) is 25.8 Å². The molecule has 0 amide bonds. The minimum Gasteiger partial charge on any atom is -0.258 e. The summed E-state index contributed by atoms with van der Waals surface area (Å²) in [5.74, 6) is 0.746. The fourth-order valence-electron chi connectivity index (χ4n) is 1.09. The highest BCUT2D eigenvalue weighted by Crippen LogP contribution is 2.11. The molecule has 0 aromatic rings. The lowest BCUT2D eigenvalue weighted by molar-refractivity contribution is 0.458. The van der Waals surface area contributed by atoms with Gasteiger partial charge in [-0.1, -0.05) is 0 Å². The molecule has 0 saturated heterocycles. The van der Waals surface area contributed by atoms with Crippen LogP contribution in [0.2, 0.25) is 0 Å². The second-order valence-corrected chi connectivity index (χ2v) is 5.06. The smallest absolute Gasteiger partial charge is 0.258 e. The van der Waals surface area contributed by atoms with E-state index in [1.165, 1.54) is 0 Å². The first-order chi connectivity index (χ1) is 5.85. The third-order valence-corrected chi connectivity index (χ3v) is 2.84. The normalized spacial score (nSPS) is 24.7. The predicted octanol–water partition coefficient (Wildman–Crippen LogP) is 0.188. The molecule has 1 aliphatic rings. The first-order valence-corrected chi connectivity index (χ1v) is 5.83. The lowest BCUT2D eigenvalue weighted by Crippen LogP contribution is -2.54. The summed E-state index contributed by atoms with van der Waals surface area (Å²) < 4.78 is 27.0. The van der Waals surface area contributed by atoms with Gasteiger partial charge in [-0.25, -0.2) is 4.99 Å². The molecule has 76 valence electrons. The van der Waals surface area contributed by atoms with Crippen LogP contribution in [0, 0.1) is 0 Å². The number of nitrogens with one attached hydrogen (secondary N) is 2. The lowest BCUT2D eigenvalue weighted by Gasteiger charge is -2.28. The zero-order valence-corrected chi connectivity index (χ0v) is 9.04. The van der Waals surface area contributed by atoms with Crippen LogP contribution in [-0.2, 0) is 10.2 Å². The molecule has 0 spiro atoms. The number of alkyl halides is 1. The molecule has 0 bridgehead atoms. The average Bonchev–Trinajstić information content (AvgIpc) is 1.78. The number of halogens is 1. The minimum atomic E-state index is -3.45. The van der Waals surface area contributed by atoms with Gasteiger partial charge in [-0.2, -0.15) is 13.1 Å². The first kappa shape index (κ1) is 10.7. The number of nitrogens with zero attached hydrogens (tertiary/aromatic N) is 1. The molecule has 2 N–H and O–H groups in total. The number of hydrogen-bond acceptors (Lipinski definition) is 3. The van der Waals surface area contributed by atoms with E-state index in [9.17, 15) is 8.42 Å². The van der Waals surface area contributed by atoms with Crippen LogP contribution in [0.1, 0.15) is 20.3 Å². The lowest BCUT2D eigenvalue weighted by atomic mass is 10.3. The van der Waals surface area contributed by atoms with Crippen molar-refractivity contribution in [2.45, 2.75) is 25.9 Å². The summed E-state index contributed by atoms with van der Waals surface area (Å²) in [5, 5.41) is 0. The summed E-state index contributed by atoms with van der Waals surface area (Å²) in [6, 6.07) is 0. The largest absolute Gasteiger partial charge is 0.302 e. The molecular weight excluding hydrogens is 214 g/mol. The van der Waals surface area contributed by atoms with Crippen LogP contribution in [0.4, 0.5) is 0 Å². The Balaban J connectivity index is 2.92. The van der Waals surface area contributed by atoms with Gasteiger partial charge in [-0.3, -0.25) is 4.72 Å². The van der Waals surface area contributed by atoms with Crippen molar-refractivity contribution in [3.8, 4) is 0 Å². The molecule has 0 saturated carbocycles. The number of rotatable bonds is 2. The van der Waals surface area contributed by atoms with Gasteiger partial charge in [-0.15, -0.1) is 11.6 Å². The van der Waals surface area contributed by atoms with Crippen LogP contribution in [0.25, 0.3) is 0 Å². The van der Waals surface area contributed by atoms with E-state index in [2.05, 4.69) is 14.4 Å². The van der Waals surface area contributed by atoms with Crippen LogP contribution in [0.15, 0.2) is 4.99 Å². The Labute approximate surface area is 82.8 Å². The Morgan fingerprint density at radius 2 is 2.15 bits per heavy atom. The highest BCUT2D eigenvalue weighted by molar-refractivity contribution is 7.88. The van der Waals surface area contributed by atoms with Crippen molar-refractivity contribution in [3.05, 3.63) is 0 Å². The van der Waals surface area contributed by atoms with E-state index in [4.69, 9.17) is 11.6 Å². The Bertz CT molecular complexity index is 323. The summed E-state index contributed by atoms with van der Waals surface area (Å²) in [6.07, 6.45) is 0.423. The molecule has 1 heterocycles. The summed E-state index contributed by atoms with van der Waals surface area (Å²) in [7, 11) is -3.45. The second-order valence-electron chi connectivity index (χ2n) is 3.26. The molecule has 0 unspecified atom stereocenters. The van der Waals surface area contributed by atoms with Crippen molar-refractivity contribution < 1.29 is 8.42 Å². The van der Waals surface area contributed by atoms with Gasteiger partial charge >= 0.3 is 10.2 Å². The van der Waals surface area contributed by atoms with E-state index in [1.54, 1.807) is 13.8 Å². The monoisotopic (exact) mass is 225 g/mol. The third-order valence-electron chi connectivity index (χ3n) is 1.38. The van der Waals surface area contributed by atoms with Gasteiger partial charge in [0.05, 0.1) is 0 Å². The molecule has 0 aromatic carbocycles. The Kier molecular flexibility index (Phi) is 2.84. The predicted molar refractivity (Wildman–Crippen MR) is 52.0 cm³/mol. The van der Waals surface area contributed by atoms with Gasteiger partial charge < -0.3 is 0 Å². The van der Waals surface area contributed by atoms with Gasteiger partial charge in [0.15, 0.2) is 0 Å². The van der Waals surface area contributed by atoms with Gasteiger partial charge in [0.2, 0.25) is 0 Å². The second kappa shape index (κ2) is 3.43. The molecular formula is C6H12ClN3O2S. The van der Waals surface area contributed by atoms with Crippen LogP contribution >= 0.6 is 11.6 Å². The van der Waals surface area contributed by atoms with E-state index >= 15 is 0 Å². The van der Waals surface area contributed by atoms with Gasteiger partial charge in [0.1, 0.15) is 11.5 Å². The number of hydrogen-bond donors (Lipinski definition) is 2. The van der Waals surface area contributed by atoms with Crippen LogP contribution < -0.4 is 9.44 Å². The third kappa shape index (κ3) is 3.13. The molecule has 13 heavy (non-hydrogen) atoms. The summed E-state index contributed by atoms with van der Waals surface area (Å²) in [4.78, 5) is 4.13. The fraction of sp³-hybridized carbons (Fsp3) is 0.833. The molecule has 0 radical (unpaired) electrons. The molecule has 1 rings (SSSR count). The maximum absolute atomic E-state index is 11.2. The standard InChI is InChI=1S/C6H12ClN3O2S/c1-6(2)8-5(3-4-7)9-13(11,12)10-6/h10H,3-4H2,1-2H3,(H,8,9). The minimum absolute atomic E-state index is 0.345. The molecule has 0 atom stereocenters. The molecule has 0 aliphatic carbocycles. The van der Waals surface area contributed by atoms with Crippen LogP contribution in [0.5, 0.6) is 0 Å². The maximum atomic E-state index is 11.2. The van der Waals surface area contributed by atoms with Crippen molar-refractivity contribution in [1.82, 2.24) is 9.44 Å². The van der Waals surface area contributed by atoms with Crippen molar-refractivity contribution >= 4 is 27.6 Å². The Hall–Kier alpha value is -0.330. The van der Waals surface area contributed by atoms with Gasteiger partial charge in [-0.05, 0) is 13.8 Å². The topological polar surface area (TPSA) is 70.6 Å². The van der Waals surface area contributed by atoms with E-state index in [-0.39, 0.29) is 0 Å². The summed E-state index contributed by atoms with van der Waals surface area (Å²) in [5.41, 5.74) is -0.786. The van der Waals surface area contributed by atoms with Crippen LogP contribution in [0.3, 0.4) is 0 Å². The molecule has 0 fully saturated rings. The highest BCUT2D eigenvalue weighted by Gasteiger charge is 2.29. The van der Waals surface area contributed by atoms with Crippen molar-refractivity contribution in [2.24, 2.45) is 4.99 Å². The molecule has 1 aliphatic heterocycles. The van der Waals surface area contributed by atoms with Gasteiger partial charge in [0, 0.05) is 12.3 Å². The Morgan fingerprint density at radius 3 is 2.62 bits per heavy atom. The maximum Gasteiger partial charge on any atom is 0.302 e. The van der Waals surface area contributed by atoms with Crippen molar-refractivity contribution in [1.29, 1.82) is 0 Å². The SMILES string of the molecule is CC1(C)N=C(CCCl)NS(=O)(=O)N1. The highest BCUT2D eigenvalue weighted by atomic mass is 35.5. The van der Waals surface area contributed by atoms with E-state index in [0.29, 0.717) is 18.1 Å².